The quantitative estimate of drug-likeness (QED) is 0.636. The number of anilines is 2. The largest absolute Gasteiger partial charge is 0.482 e. The van der Waals surface area contributed by atoms with Gasteiger partial charge in [0.15, 0.2) is 12.4 Å². The summed E-state index contributed by atoms with van der Waals surface area (Å²) in [6.45, 7) is 1.64. The highest BCUT2D eigenvalue weighted by atomic mass is 32.2. The molecular formula is C19H17FN4O5S. The molecule has 0 radical (unpaired) electrons. The van der Waals surface area contributed by atoms with Crippen molar-refractivity contribution in [1.82, 2.24) is 10.1 Å². The van der Waals surface area contributed by atoms with Crippen molar-refractivity contribution in [3.8, 4) is 5.75 Å². The van der Waals surface area contributed by atoms with Crippen LogP contribution >= 0.6 is 0 Å². The number of para-hydroxylation sites is 1. The lowest BCUT2D eigenvalue weighted by Crippen LogP contribution is -2.38. The highest BCUT2D eigenvalue weighted by Gasteiger charge is 2.29. The van der Waals surface area contributed by atoms with Gasteiger partial charge in [-0.3, -0.25) is 14.4 Å². The Morgan fingerprint density at radius 1 is 1.23 bits per heavy atom. The van der Waals surface area contributed by atoms with E-state index in [0.717, 1.165) is 6.07 Å². The molecule has 0 aliphatic carbocycles. The fourth-order valence-electron chi connectivity index (χ4n) is 2.91. The number of fused-ring (bicyclic) bond motifs is 1. The van der Waals surface area contributed by atoms with Crippen LogP contribution in [0.2, 0.25) is 0 Å². The van der Waals surface area contributed by atoms with Crippen molar-refractivity contribution in [2.75, 3.05) is 16.2 Å². The smallest absolute Gasteiger partial charge is 0.265 e. The molecular weight excluding hydrogens is 415 g/mol. The van der Waals surface area contributed by atoms with Crippen molar-refractivity contribution in [3.63, 3.8) is 0 Å². The number of carbonyl (C=O) groups excluding carboxylic acids is 1. The van der Waals surface area contributed by atoms with Crippen LogP contribution in [0.5, 0.6) is 5.75 Å². The van der Waals surface area contributed by atoms with Crippen LogP contribution < -0.4 is 14.4 Å². The summed E-state index contributed by atoms with van der Waals surface area (Å²) in [6, 6.07) is 9.47. The Bertz CT molecular complexity index is 1210. The Balaban J connectivity index is 1.67. The van der Waals surface area contributed by atoms with Gasteiger partial charge in [0.2, 0.25) is 5.89 Å². The fourth-order valence-corrected chi connectivity index (χ4v) is 4.00. The number of ether oxygens (including phenoxy) is 1. The molecule has 0 saturated heterocycles. The summed E-state index contributed by atoms with van der Waals surface area (Å²) in [5, 5.41) is 3.83. The van der Waals surface area contributed by atoms with E-state index in [1.165, 1.54) is 41.3 Å². The molecule has 0 saturated carbocycles. The van der Waals surface area contributed by atoms with E-state index in [4.69, 9.17) is 9.26 Å². The van der Waals surface area contributed by atoms with E-state index in [1.807, 2.05) is 6.92 Å². The first-order valence-corrected chi connectivity index (χ1v) is 10.5. The van der Waals surface area contributed by atoms with Gasteiger partial charge in [-0.2, -0.15) is 4.98 Å². The zero-order valence-corrected chi connectivity index (χ0v) is 16.6. The SMILES string of the molecule is CCc1nc(CN2C(=O)COc3ccc(S(=O)(=O)Nc4ccccc4F)cc32)no1. The number of hydrogen-bond acceptors (Lipinski definition) is 7. The van der Waals surface area contributed by atoms with Gasteiger partial charge in [0, 0.05) is 6.42 Å². The molecule has 2 aromatic carbocycles. The minimum atomic E-state index is -4.12. The van der Waals surface area contributed by atoms with E-state index in [1.54, 1.807) is 0 Å². The van der Waals surface area contributed by atoms with Crippen molar-refractivity contribution in [2.45, 2.75) is 24.8 Å². The highest BCUT2D eigenvalue weighted by molar-refractivity contribution is 7.92. The second kappa shape index (κ2) is 7.75. The van der Waals surface area contributed by atoms with Crippen LogP contribution in [0.15, 0.2) is 51.9 Å². The number of aromatic nitrogens is 2. The van der Waals surface area contributed by atoms with Gasteiger partial charge in [0.1, 0.15) is 11.6 Å². The normalized spacial score (nSPS) is 13.7. The molecule has 1 aromatic heterocycles. The van der Waals surface area contributed by atoms with Gasteiger partial charge in [-0.15, -0.1) is 0 Å². The van der Waals surface area contributed by atoms with E-state index in [9.17, 15) is 17.6 Å². The summed E-state index contributed by atoms with van der Waals surface area (Å²) in [5.74, 6) is -0.0502. The maximum Gasteiger partial charge on any atom is 0.265 e. The standard InChI is InChI=1S/C19H17FN4O5S/c1-2-18-21-17(22-29-18)10-24-15-9-12(7-8-16(15)28-11-19(24)25)30(26,27)23-14-6-4-3-5-13(14)20/h3-9,23H,2,10-11H2,1H3. The minimum absolute atomic E-state index is 0.0110. The molecule has 0 atom stereocenters. The summed E-state index contributed by atoms with van der Waals surface area (Å²) >= 11 is 0. The average Bonchev–Trinajstić information content (AvgIpc) is 3.19. The van der Waals surface area contributed by atoms with Crippen molar-refractivity contribution >= 4 is 27.3 Å². The second-order valence-corrected chi connectivity index (χ2v) is 8.12. The first kappa shape index (κ1) is 19.8. The van der Waals surface area contributed by atoms with Gasteiger partial charge < -0.3 is 9.26 Å². The van der Waals surface area contributed by atoms with Gasteiger partial charge in [-0.25, -0.2) is 12.8 Å². The van der Waals surface area contributed by atoms with Crippen LogP contribution in [0.25, 0.3) is 0 Å². The molecule has 0 spiro atoms. The molecule has 3 aromatic rings. The van der Waals surface area contributed by atoms with Crippen molar-refractivity contribution in [3.05, 3.63) is 60.0 Å². The maximum atomic E-state index is 13.9. The molecule has 2 heterocycles. The van der Waals surface area contributed by atoms with Crippen LogP contribution in [0.1, 0.15) is 18.6 Å². The number of sulfonamides is 1. The lowest BCUT2D eigenvalue weighted by atomic mass is 10.2. The van der Waals surface area contributed by atoms with Crippen LogP contribution in [0, 0.1) is 5.82 Å². The Kier molecular flexibility index (Phi) is 5.12. The molecule has 156 valence electrons. The van der Waals surface area contributed by atoms with E-state index < -0.39 is 15.8 Å². The first-order chi connectivity index (χ1) is 14.4. The third-order valence-corrected chi connectivity index (χ3v) is 5.78. The number of nitrogens with zero attached hydrogens (tertiary/aromatic N) is 3. The molecule has 0 fully saturated rings. The molecule has 30 heavy (non-hydrogen) atoms. The van der Waals surface area contributed by atoms with Crippen LogP contribution in [0.4, 0.5) is 15.8 Å². The molecule has 1 aliphatic rings. The van der Waals surface area contributed by atoms with E-state index in [2.05, 4.69) is 14.9 Å². The number of carbonyl (C=O) groups is 1. The summed E-state index contributed by atoms with van der Waals surface area (Å²) < 4.78 is 52.1. The van der Waals surface area contributed by atoms with E-state index in [-0.39, 0.29) is 41.2 Å². The van der Waals surface area contributed by atoms with Crippen LogP contribution in [0.3, 0.4) is 0 Å². The van der Waals surface area contributed by atoms with Gasteiger partial charge >= 0.3 is 0 Å². The molecule has 0 unspecified atom stereocenters. The van der Waals surface area contributed by atoms with E-state index >= 15 is 0 Å². The number of amides is 1. The Hall–Kier alpha value is -3.47. The number of aryl methyl sites for hydroxylation is 1. The van der Waals surface area contributed by atoms with Crippen molar-refractivity contribution in [1.29, 1.82) is 0 Å². The van der Waals surface area contributed by atoms with Crippen molar-refractivity contribution < 1.29 is 26.9 Å². The van der Waals surface area contributed by atoms with Gasteiger partial charge in [0.25, 0.3) is 15.9 Å². The number of halogens is 1. The second-order valence-electron chi connectivity index (χ2n) is 6.44. The molecule has 9 nitrogen and oxygen atoms in total. The molecule has 11 heteroatoms. The van der Waals surface area contributed by atoms with Gasteiger partial charge in [0.05, 0.1) is 22.8 Å². The number of rotatable bonds is 6. The predicted molar refractivity (Wildman–Crippen MR) is 104 cm³/mol. The van der Waals surface area contributed by atoms with Gasteiger partial charge in [-0.1, -0.05) is 24.2 Å². The van der Waals surface area contributed by atoms with E-state index in [0.29, 0.717) is 18.1 Å². The summed E-state index contributed by atoms with van der Waals surface area (Å²) in [4.78, 5) is 17.8. The maximum absolute atomic E-state index is 13.9. The molecule has 0 bridgehead atoms. The molecule has 4 rings (SSSR count). The lowest BCUT2D eigenvalue weighted by Gasteiger charge is -2.28. The zero-order chi connectivity index (χ0) is 21.3. The molecule has 1 N–H and O–H groups in total. The Morgan fingerprint density at radius 3 is 2.77 bits per heavy atom. The zero-order valence-electron chi connectivity index (χ0n) is 15.8. The third kappa shape index (κ3) is 3.83. The lowest BCUT2D eigenvalue weighted by molar-refractivity contribution is -0.121. The summed E-state index contributed by atoms with van der Waals surface area (Å²) in [7, 11) is -4.12. The number of benzene rings is 2. The van der Waals surface area contributed by atoms with Crippen LogP contribution in [-0.4, -0.2) is 31.1 Å². The highest BCUT2D eigenvalue weighted by Crippen LogP contribution is 2.35. The average molecular weight is 432 g/mol. The van der Waals surface area contributed by atoms with Crippen molar-refractivity contribution in [2.24, 2.45) is 0 Å². The van der Waals surface area contributed by atoms with Gasteiger partial charge in [-0.05, 0) is 30.3 Å². The third-order valence-electron chi connectivity index (χ3n) is 4.41. The topological polar surface area (TPSA) is 115 Å². The predicted octanol–water partition coefficient (Wildman–Crippen LogP) is 2.50. The fraction of sp³-hybridized carbons (Fsp3) is 0.211. The monoisotopic (exact) mass is 432 g/mol. The van der Waals surface area contributed by atoms with Crippen LogP contribution in [-0.2, 0) is 27.8 Å². The number of nitrogens with one attached hydrogen (secondary N) is 1. The summed E-state index contributed by atoms with van der Waals surface area (Å²) in [5.41, 5.74) is 0.0591. The minimum Gasteiger partial charge on any atom is -0.482 e. The first-order valence-electron chi connectivity index (χ1n) is 9.03. The Morgan fingerprint density at radius 2 is 2.03 bits per heavy atom. The number of hydrogen-bond donors (Lipinski definition) is 1. The molecule has 1 amide bonds. The molecule has 1 aliphatic heterocycles. The summed E-state index contributed by atoms with van der Waals surface area (Å²) in [6.07, 6.45) is 0.546. The Labute approximate surface area is 171 Å².